The third-order valence-electron chi connectivity index (χ3n) is 4.04. The Morgan fingerprint density at radius 1 is 0.950 bits per heavy atom. The average Bonchev–Trinajstić information content (AvgIpc) is 2.57. The van der Waals surface area contributed by atoms with Gasteiger partial charge in [-0.2, -0.15) is 0 Å². The highest BCUT2D eigenvalue weighted by Gasteiger charge is 2.52. The van der Waals surface area contributed by atoms with E-state index >= 15 is 0 Å². The number of benzene rings is 1. The second-order valence-corrected chi connectivity index (χ2v) is 5.85. The molecule has 1 aliphatic rings. The highest BCUT2D eigenvalue weighted by atomic mass is 16.7. The molecule has 1 aromatic rings. The first-order valence-corrected chi connectivity index (χ1v) is 6.52. The van der Waals surface area contributed by atoms with Gasteiger partial charge in [-0.05, 0) is 33.8 Å². The zero-order valence-corrected chi connectivity index (χ0v) is 12.8. The SMILES string of the molecule is COc1cc(O)c(B2OC(C)(C)C(C)(C)O2)cc1OC. The summed E-state index contributed by atoms with van der Waals surface area (Å²) >= 11 is 0. The Hall–Kier alpha value is -1.40. The smallest absolute Gasteiger partial charge is 0.498 e. The maximum absolute atomic E-state index is 10.1. The summed E-state index contributed by atoms with van der Waals surface area (Å²) in [4.78, 5) is 0. The predicted molar refractivity (Wildman–Crippen MR) is 76.9 cm³/mol. The van der Waals surface area contributed by atoms with Crippen molar-refractivity contribution >= 4 is 12.6 Å². The highest BCUT2D eigenvalue weighted by Crippen LogP contribution is 2.38. The third-order valence-corrected chi connectivity index (χ3v) is 4.04. The van der Waals surface area contributed by atoms with Crippen molar-refractivity contribution in [3.8, 4) is 17.2 Å². The number of phenols is 1. The molecule has 0 bridgehead atoms. The highest BCUT2D eigenvalue weighted by molar-refractivity contribution is 6.63. The minimum Gasteiger partial charge on any atom is -0.508 e. The summed E-state index contributed by atoms with van der Waals surface area (Å²) in [6.07, 6.45) is 0. The molecule has 2 rings (SSSR count). The molecule has 0 radical (unpaired) electrons. The minimum absolute atomic E-state index is 0.0566. The van der Waals surface area contributed by atoms with E-state index in [1.165, 1.54) is 13.2 Å². The molecule has 0 amide bonds. The molecule has 1 heterocycles. The number of methoxy groups -OCH3 is 2. The summed E-state index contributed by atoms with van der Waals surface area (Å²) in [5.74, 6) is 1.04. The Labute approximate surface area is 119 Å². The van der Waals surface area contributed by atoms with Gasteiger partial charge in [-0.15, -0.1) is 0 Å². The summed E-state index contributed by atoms with van der Waals surface area (Å²) in [7, 11) is 2.43. The molecule has 0 atom stereocenters. The van der Waals surface area contributed by atoms with E-state index in [0.29, 0.717) is 17.0 Å². The largest absolute Gasteiger partial charge is 0.508 e. The van der Waals surface area contributed by atoms with Crippen molar-refractivity contribution in [3.05, 3.63) is 12.1 Å². The van der Waals surface area contributed by atoms with Crippen molar-refractivity contribution in [1.82, 2.24) is 0 Å². The van der Waals surface area contributed by atoms with E-state index in [1.54, 1.807) is 13.2 Å². The molecule has 1 aromatic carbocycles. The molecule has 1 saturated heterocycles. The Morgan fingerprint density at radius 3 is 1.85 bits per heavy atom. The first kappa shape index (κ1) is 15.0. The molecule has 6 heteroatoms. The number of phenolic OH excluding ortho intramolecular Hbond substituents is 1. The van der Waals surface area contributed by atoms with Crippen LogP contribution in [0.15, 0.2) is 12.1 Å². The minimum atomic E-state index is -0.639. The first-order chi connectivity index (χ1) is 9.21. The van der Waals surface area contributed by atoms with Gasteiger partial charge in [0.2, 0.25) is 0 Å². The number of ether oxygens (including phenoxy) is 2. The maximum atomic E-state index is 10.1. The summed E-state index contributed by atoms with van der Waals surface area (Å²) in [5.41, 5.74) is -0.393. The van der Waals surface area contributed by atoms with Gasteiger partial charge < -0.3 is 23.9 Å². The standard InChI is InChI=1S/C14H21BO5/c1-13(2)14(3,4)20-15(19-13)9-7-11(17-5)12(18-6)8-10(9)16/h7-8,16H,1-6H3. The first-order valence-electron chi connectivity index (χ1n) is 6.52. The van der Waals surface area contributed by atoms with Crippen molar-refractivity contribution in [1.29, 1.82) is 0 Å². The van der Waals surface area contributed by atoms with E-state index in [-0.39, 0.29) is 5.75 Å². The van der Waals surface area contributed by atoms with Crippen molar-refractivity contribution < 1.29 is 23.9 Å². The summed E-state index contributed by atoms with van der Waals surface area (Å²) in [6.45, 7) is 7.85. The quantitative estimate of drug-likeness (QED) is 0.854. The van der Waals surface area contributed by atoms with Crippen molar-refractivity contribution in [3.63, 3.8) is 0 Å². The van der Waals surface area contributed by atoms with Gasteiger partial charge in [0.1, 0.15) is 5.75 Å². The normalized spacial score (nSPS) is 20.0. The Morgan fingerprint density at radius 2 is 1.40 bits per heavy atom. The topological polar surface area (TPSA) is 57.2 Å². The van der Waals surface area contributed by atoms with Crippen LogP contribution in [0, 0.1) is 0 Å². The third kappa shape index (κ3) is 2.34. The van der Waals surface area contributed by atoms with Crippen LogP contribution in [-0.2, 0) is 9.31 Å². The Balaban J connectivity index is 2.40. The van der Waals surface area contributed by atoms with Gasteiger partial charge in [-0.1, -0.05) is 0 Å². The van der Waals surface area contributed by atoms with Crippen LogP contribution in [0.5, 0.6) is 17.2 Å². The van der Waals surface area contributed by atoms with Gasteiger partial charge in [0.05, 0.1) is 25.4 Å². The second kappa shape index (κ2) is 4.86. The fourth-order valence-electron chi connectivity index (χ4n) is 2.04. The molecule has 110 valence electrons. The zero-order valence-electron chi connectivity index (χ0n) is 12.8. The second-order valence-electron chi connectivity index (χ2n) is 5.85. The fraction of sp³-hybridized carbons (Fsp3) is 0.571. The van der Waals surface area contributed by atoms with E-state index < -0.39 is 18.3 Å². The van der Waals surface area contributed by atoms with Crippen molar-refractivity contribution in [2.45, 2.75) is 38.9 Å². The number of hydrogen-bond acceptors (Lipinski definition) is 5. The van der Waals surface area contributed by atoms with Gasteiger partial charge in [0.25, 0.3) is 0 Å². The van der Waals surface area contributed by atoms with Gasteiger partial charge >= 0.3 is 7.12 Å². The predicted octanol–water partition coefficient (Wildman–Crippen LogP) is 1.71. The molecule has 0 saturated carbocycles. The van der Waals surface area contributed by atoms with Crippen LogP contribution < -0.4 is 14.9 Å². The molecule has 0 spiro atoms. The van der Waals surface area contributed by atoms with E-state index in [4.69, 9.17) is 18.8 Å². The Kier molecular flexibility index (Phi) is 3.65. The van der Waals surface area contributed by atoms with Crippen LogP contribution in [0.3, 0.4) is 0 Å². The van der Waals surface area contributed by atoms with Gasteiger partial charge in [0, 0.05) is 11.5 Å². The van der Waals surface area contributed by atoms with Gasteiger partial charge in [0.15, 0.2) is 11.5 Å². The molecule has 1 aliphatic heterocycles. The number of rotatable bonds is 3. The number of aromatic hydroxyl groups is 1. The molecule has 20 heavy (non-hydrogen) atoms. The molecule has 0 aromatic heterocycles. The van der Waals surface area contributed by atoms with Crippen LogP contribution in [-0.4, -0.2) is 37.6 Å². The van der Waals surface area contributed by atoms with E-state index in [1.807, 2.05) is 27.7 Å². The lowest BCUT2D eigenvalue weighted by atomic mass is 9.78. The van der Waals surface area contributed by atoms with Gasteiger partial charge in [-0.25, -0.2) is 0 Å². The van der Waals surface area contributed by atoms with E-state index in [2.05, 4.69) is 0 Å². The number of hydrogen-bond donors (Lipinski definition) is 1. The molecular weight excluding hydrogens is 259 g/mol. The molecule has 0 unspecified atom stereocenters. The van der Waals surface area contributed by atoms with Crippen molar-refractivity contribution in [2.75, 3.05) is 14.2 Å². The summed E-state index contributed by atoms with van der Waals surface area (Å²) in [6, 6.07) is 3.18. The molecule has 0 aliphatic carbocycles. The lowest BCUT2D eigenvalue weighted by molar-refractivity contribution is 0.00578. The molecule has 1 fully saturated rings. The maximum Gasteiger partial charge on any atom is 0.498 e. The molecule has 5 nitrogen and oxygen atoms in total. The fourth-order valence-corrected chi connectivity index (χ4v) is 2.04. The van der Waals surface area contributed by atoms with Crippen LogP contribution in [0.2, 0.25) is 0 Å². The van der Waals surface area contributed by atoms with Crippen molar-refractivity contribution in [2.24, 2.45) is 0 Å². The van der Waals surface area contributed by atoms with E-state index in [0.717, 1.165) is 0 Å². The monoisotopic (exact) mass is 280 g/mol. The lowest BCUT2D eigenvalue weighted by Crippen LogP contribution is -2.41. The zero-order chi connectivity index (χ0) is 15.1. The van der Waals surface area contributed by atoms with Crippen LogP contribution >= 0.6 is 0 Å². The van der Waals surface area contributed by atoms with Crippen LogP contribution in [0.1, 0.15) is 27.7 Å². The molecular formula is C14H21BO5. The summed E-state index contributed by atoms with van der Waals surface area (Å²) < 4.78 is 22.2. The lowest BCUT2D eigenvalue weighted by Gasteiger charge is -2.32. The average molecular weight is 280 g/mol. The van der Waals surface area contributed by atoms with E-state index in [9.17, 15) is 5.11 Å². The molecule has 1 N–H and O–H groups in total. The van der Waals surface area contributed by atoms with Crippen LogP contribution in [0.25, 0.3) is 0 Å². The van der Waals surface area contributed by atoms with Crippen LogP contribution in [0.4, 0.5) is 0 Å². The Bertz CT molecular complexity index is 497. The summed E-state index contributed by atoms with van der Waals surface area (Å²) in [5, 5.41) is 10.1. The van der Waals surface area contributed by atoms with Gasteiger partial charge in [-0.3, -0.25) is 0 Å².